The summed E-state index contributed by atoms with van der Waals surface area (Å²) in [5, 5.41) is 1.79. The van der Waals surface area contributed by atoms with Crippen LogP contribution in [0.4, 0.5) is 13.2 Å². The number of nitrogens with zero attached hydrogens (tertiary/aromatic N) is 1. The predicted molar refractivity (Wildman–Crippen MR) is 106 cm³/mol. The van der Waals surface area contributed by atoms with Gasteiger partial charge in [-0.05, 0) is 29.9 Å². The first-order valence-electron chi connectivity index (χ1n) is 9.90. The molecular weight excluding hydrogens is 413 g/mol. The number of benzene rings is 1. The lowest BCUT2D eigenvalue weighted by Crippen LogP contribution is -2.66. The molecule has 2 amide bonds. The highest BCUT2D eigenvalue weighted by atomic mass is 19.4. The van der Waals surface area contributed by atoms with Crippen LogP contribution in [-0.2, 0) is 20.8 Å². The van der Waals surface area contributed by atoms with Gasteiger partial charge in [-0.3, -0.25) is 14.4 Å². The normalized spacial score (nSPS) is 23.1. The molecule has 0 fully saturated rings. The van der Waals surface area contributed by atoms with Gasteiger partial charge in [0.1, 0.15) is 5.75 Å². The van der Waals surface area contributed by atoms with E-state index in [1.165, 1.54) is 7.11 Å². The number of halogens is 3. The molecule has 0 saturated heterocycles. The molecule has 31 heavy (non-hydrogen) atoms. The van der Waals surface area contributed by atoms with Crippen molar-refractivity contribution in [1.29, 1.82) is 0 Å². The number of methoxy groups -OCH3 is 1. The smallest absolute Gasteiger partial charge is 0.425 e. The van der Waals surface area contributed by atoms with Crippen molar-refractivity contribution < 1.29 is 32.3 Å². The van der Waals surface area contributed by atoms with Crippen LogP contribution in [0.3, 0.4) is 0 Å². The number of ether oxygens (including phenoxy) is 1. The van der Waals surface area contributed by atoms with Crippen LogP contribution in [-0.4, -0.2) is 47.9 Å². The Bertz CT molecular complexity index is 968. The quantitative estimate of drug-likeness (QED) is 0.766. The second-order valence-electron chi connectivity index (χ2n) is 8.71. The zero-order chi connectivity index (χ0) is 23.2. The van der Waals surface area contributed by atoms with E-state index >= 15 is 0 Å². The summed E-state index contributed by atoms with van der Waals surface area (Å²) < 4.78 is 48.3. The Balaban J connectivity index is 2.10. The fourth-order valence-corrected chi connectivity index (χ4v) is 4.47. The molecule has 168 valence electrons. The molecule has 1 aromatic rings. The molecule has 0 aromatic heterocycles. The zero-order valence-electron chi connectivity index (χ0n) is 17.9. The van der Waals surface area contributed by atoms with Crippen LogP contribution in [0, 0.1) is 5.41 Å². The number of para-hydroxylation sites is 1. The maximum Gasteiger partial charge on any atom is 0.425 e. The maximum atomic E-state index is 14.4. The minimum atomic E-state index is -5.17. The van der Waals surface area contributed by atoms with Gasteiger partial charge in [-0.2, -0.15) is 13.2 Å². The van der Waals surface area contributed by atoms with Gasteiger partial charge in [0.05, 0.1) is 12.7 Å². The second-order valence-corrected chi connectivity index (χ2v) is 8.71. The van der Waals surface area contributed by atoms with Crippen molar-refractivity contribution in [2.75, 3.05) is 13.7 Å². The van der Waals surface area contributed by atoms with Crippen LogP contribution in [0.25, 0.3) is 0 Å². The number of carbonyl (C=O) groups excluding carboxylic acids is 3. The van der Waals surface area contributed by atoms with Crippen molar-refractivity contribution in [3.05, 3.63) is 41.1 Å². The molecule has 0 radical (unpaired) electrons. The van der Waals surface area contributed by atoms with E-state index in [0.29, 0.717) is 11.3 Å². The highest BCUT2D eigenvalue weighted by Gasteiger charge is 2.71. The SMILES string of the molecule is COc1ccccc1CCN1C(=O)C(NC(C)=O)(C(F)(F)F)C2=C1CC(C)(C)CC2=O. The zero-order valence-corrected chi connectivity index (χ0v) is 17.9. The van der Waals surface area contributed by atoms with Gasteiger partial charge in [-0.15, -0.1) is 0 Å². The molecule has 1 aliphatic heterocycles. The van der Waals surface area contributed by atoms with Gasteiger partial charge in [0.15, 0.2) is 5.78 Å². The third kappa shape index (κ3) is 3.81. The van der Waals surface area contributed by atoms with Crippen LogP contribution in [0.2, 0.25) is 0 Å². The Kier molecular flexibility index (Phi) is 5.67. The lowest BCUT2D eigenvalue weighted by atomic mass is 9.72. The Labute approximate surface area is 178 Å². The van der Waals surface area contributed by atoms with E-state index in [0.717, 1.165) is 11.8 Å². The lowest BCUT2D eigenvalue weighted by Gasteiger charge is -2.35. The van der Waals surface area contributed by atoms with Crippen LogP contribution < -0.4 is 10.1 Å². The Morgan fingerprint density at radius 1 is 1.19 bits per heavy atom. The number of nitrogens with one attached hydrogen (secondary N) is 1. The van der Waals surface area contributed by atoms with Gasteiger partial charge in [-0.1, -0.05) is 32.0 Å². The largest absolute Gasteiger partial charge is 0.496 e. The van der Waals surface area contributed by atoms with E-state index in [-0.39, 0.29) is 31.5 Å². The molecular formula is C22H25F3N2O4. The fourth-order valence-electron chi connectivity index (χ4n) is 4.47. The summed E-state index contributed by atoms with van der Waals surface area (Å²) in [6.45, 7) is 4.35. The molecule has 6 nitrogen and oxygen atoms in total. The van der Waals surface area contributed by atoms with Crippen LogP contribution in [0.15, 0.2) is 35.5 Å². The summed E-state index contributed by atoms with van der Waals surface area (Å²) in [7, 11) is 1.48. The molecule has 2 aliphatic rings. The molecule has 1 aliphatic carbocycles. The average molecular weight is 438 g/mol. The summed E-state index contributed by atoms with van der Waals surface area (Å²) in [6.07, 6.45) is -4.98. The number of alkyl halides is 3. The Morgan fingerprint density at radius 3 is 2.42 bits per heavy atom. The molecule has 1 aromatic carbocycles. The molecule has 3 rings (SSSR count). The number of Topliss-reactive ketones (excluding diaryl/α,β-unsaturated/α-hetero) is 1. The number of amides is 2. The van der Waals surface area contributed by atoms with Crippen LogP contribution >= 0.6 is 0 Å². The highest BCUT2D eigenvalue weighted by molar-refractivity contribution is 6.13. The minimum Gasteiger partial charge on any atom is -0.496 e. The Morgan fingerprint density at radius 2 is 1.84 bits per heavy atom. The standard InChI is InChI=1S/C22H25F3N2O4/c1-13(28)26-21(22(23,24)25)18-15(11-20(2,3)12-16(18)29)27(19(21)30)10-9-14-7-5-6-8-17(14)31-4/h5-8H,9-12H2,1-4H3,(H,26,28). The van der Waals surface area contributed by atoms with Gasteiger partial charge >= 0.3 is 6.18 Å². The van der Waals surface area contributed by atoms with Crippen molar-refractivity contribution >= 4 is 17.6 Å². The maximum absolute atomic E-state index is 14.4. The van der Waals surface area contributed by atoms with Crippen molar-refractivity contribution in [2.45, 2.75) is 51.7 Å². The summed E-state index contributed by atoms with van der Waals surface area (Å²) in [5.74, 6) is -2.61. The van der Waals surface area contributed by atoms with E-state index in [2.05, 4.69) is 0 Å². The molecule has 1 atom stereocenters. The van der Waals surface area contributed by atoms with E-state index in [9.17, 15) is 27.6 Å². The summed E-state index contributed by atoms with van der Waals surface area (Å²) in [6, 6.07) is 7.00. The van der Waals surface area contributed by atoms with E-state index < -0.39 is 40.3 Å². The molecule has 1 heterocycles. The lowest BCUT2D eigenvalue weighted by molar-refractivity contribution is -0.194. The van der Waals surface area contributed by atoms with Crippen molar-refractivity contribution in [2.24, 2.45) is 5.41 Å². The summed E-state index contributed by atoms with van der Waals surface area (Å²) >= 11 is 0. The molecule has 0 saturated carbocycles. The van der Waals surface area contributed by atoms with Gasteiger partial charge in [0.2, 0.25) is 11.4 Å². The van der Waals surface area contributed by atoms with Gasteiger partial charge in [0.25, 0.3) is 5.91 Å². The third-order valence-corrected chi connectivity index (χ3v) is 5.71. The second kappa shape index (κ2) is 7.69. The molecule has 1 N–H and O–H groups in total. The van der Waals surface area contributed by atoms with Gasteiger partial charge in [-0.25, -0.2) is 0 Å². The van der Waals surface area contributed by atoms with E-state index in [1.54, 1.807) is 43.4 Å². The number of allylic oxidation sites excluding steroid dienone is 1. The van der Waals surface area contributed by atoms with E-state index in [1.807, 2.05) is 0 Å². The number of hydrogen-bond donors (Lipinski definition) is 1. The van der Waals surface area contributed by atoms with E-state index in [4.69, 9.17) is 4.74 Å². The minimum absolute atomic E-state index is 0.0345. The first-order chi connectivity index (χ1) is 14.3. The average Bonchev–Trinajstić information content (AvgIpc) is 2.87. The third-order valence-electron chi connectivity index (χ3n) is 5.71. The Hall–Kier alpha value is -2.84. The van der Waals surface area contributed by atoms with Crippen LogP contribution in [0.1, 0.15) is 39.2 Å². The fraction of sp³-hybridized carbons (Fsp3) is 0.500. The topological polar surface area (TPSA) is 75.7 Å². The number of ketones is 1. The highest BCUT2D eigenvalue weighted by Crippen LogP contribution is 2.51. The monoisotopic (exact) mass is 438 g/mol. The van der Waals surface area contributed by atoms with Crippen LogP contribution in [0.5, 0.6) is 5.75 Å². The van der Waals surface area contributed by atoms with Gasteiger partial charge in [0, 0.05) is 25.6 Å². The number of rotatable bonds is 5. The molecule has 0 bridgehead atoms. The van der Waals surface area contributed by atoms with Crippen molar-refractivity contribution in [1.82, 2.24) is 10.2 Å². The molecule has 9 heteroatoms. The predicted octanol–water partition coefficient (Wildman–Crippen LogP) is 3.16. The number of hydrogen-bond acceptors (Lipinski definition) is 4. The summed E-state index contributed by atoms with van der Waals surface area (Å²) in [5.41, 5.74) is -3.88. The first-order valence-corrected chi connectivity index (χ1v) is 9.90. The van der Waals surface area contributed by atoms with Gasteiger partial charge < -0.3 is 15.0 Å². The summed E-state index contributed by atoms with van der Waals surface area (Å²) in [4.78, 5) is 38.9. The molecule has 1 unspecified atom stereocenters. The van der Waals surface area contributed by atoms with Crippen molar-refractivity contribution in [3.8, 4) is 5.75 Å². The first kappa shape index (κ1) is 22.8. The molecule has 0 spiro atoms. The van der Waals surface area contributed by atoms with Crippen molar-refractivity contribution in [3.63, 3.8) is 0 Å². The number of carbonyl (C=O) groups is 3.